The van der Waals surface area contributed by atoms with Crippen molar-refractivity contribution in [3.05, 3.63) is 80.6 Å². The molecule has 0 spiro atoms. The number of hydrogen-bond donors (Lipinski definition) is 1. The van der Waals surface area contributed by atoms with Crippen LogP contribution >= 0.6 is 11.6 Å². The second-order valence-electron chi connectivity index (χ2n) is 5.86. The molecule has 0 radical (unpaired) electrons. The second-order valence-corrected chi connectivity index (χ2v) is 6.27. The summed E-state index contributed by atoms with van der Waals surface area (Å²) in [5.41, 5.74) is 5.52. The van der Waals surface area contributed by atoms with Crippen molar-refractivity contribution in [2.24, 2.45) is 0 Å². The lowest BCUT2D eigenvalue weighted by molar-refractivity contribution is 0.0601. The van der Waals surface area contributed by atoms with Crippen LogP contribution in [0.15, 0.2) is 53.3 Å². The van der Waals surface area contributed by atoms with Crippen molar-refractivity contribution in [2.45, 2.75) is 0 Å². The van der Waals surface area contributed by atoms with Gasteiger partial charge in [-0.2, -0.15) is 10.5 Å². The molecule has 3 aromatic rings. The maximum absolute atomic E-state index is 13.2. The molecule has 0 bridgehead atoms. The van der Waals surface area contributed by atoms with Crippen LogP contribution in [0.25, 0.3) is 16.8 Å². The molecule has 0 aliphatic rings. The summed E-state index contributed by atoms with van der Waals surface area (Å²) in [4.78, 5) is 25.4. The first kappa shape index (κ1) is 19.7. The van der Waals surface area contributed by atoms with E-state index in [2.05, 4.69) is 0 Å². The van der Waals surface area contributed by atoms with Gasteiger partial charge in [-0.05, 0) is 18.2 Å². The smallest absolute Gasteiger partial charge is 0.339 e. The van der Waals surface area contributed by atoms with E-state index in [-0.39, 0.29) is 38.8 Å². The molecular formula is C21H13ClN4O3. The van der Waals surface area contributed by atoms with E-state index in [1.165, 1.54) is 19.2 Å². The number of aromatic nitrogens is 1. The largest absolute Gasteiger partial charge is 0.465 e. The maximum atomic E-state index is 13.2. The van der Waals surface area contributed by atoms with Gasteiger partial charge in [-0.1, -0.05) is 41.9 Å². The van der Waals surface area contributed by atoms with Crippen molar-refractivity contribution < 1.29 is 9.53 Å². The highest BCUT2D eigenvalue weighted by Gasteiger charge is 2.25. The summed E-state index contributed by atoms with van der Waals surface area (Å²) in [6, 6.07) is 16.4. The van der Waals surface area contributed by atoms with Crippen LogP contribution in [0.2, 0.25) is 5.02 Å². The second kappa shape index (κ2) is 7.89. The van der Waals surface area contributed by atoms with Gasteiger partial charge in [0, 0.05) is 16.1 Å². The summed E-state index contributed by atoms with van der Waals surface area (Å²) in [7, 11) is 1.20. The number of hydrogen-bond acceptors (Lipinski definition) is 6. The Labute approximate surface area is 170 Å². The lowest BCUT2D eigenvalue weighted by Crippen LogP contribution is -2.27. The number of halogens is 1. The number of benzene rings is 2. The first-order valence-electron chi connectivity index (χ1n) is 8.27. The molecule has 7 nitrogen and oxygen atoms in total. The molecule has 29 heavy (non-hydrogen) atoms. The Kier molecular flexibility index (Phi) is 5.36. The molecule has 0 saturated heterocycles. The van der Waals surface area contributed by atoms with Gasteiger partial charge in [-0.15, -0.1) is 0 Å². The number of ether oxygens (including phenoxy) is 1. The molecule has 1 heterocycles. The highest BCUT2D eigenvalue weighted by atomic mass is 35.5. The average Bonchev–Trinajstić information content (AvgIpc) is 2.73. The number of pyridine rings is 1. The molecule has 0 atom stereocenters. The number of esters is 1. The molecule has 8 heteroatoms. The molecule has 0 amide bonds. The van der Waals surface area contributed by atoms with Crippen LogP contribution in [0, 0.1) is 22.7 Å². The van der Waals surface area contributed by atoms with Crippen LogP contribution in [0.3, 0.4) is 0 Å². The van der Waals surface area contributed by atoms with Gasteiger partial charge in [0.15, 0.2) is 0 Å². The number of nitriles is 2. The monoisotopic (exact) mass is 404 g/mol. The Morgan fingerprint density at radius 3 is 2.31 bits per heavy atom. The van der Waals surface area contributed by atoms with Crippen molar-refractivity contribution in [3.8, 4) is 29.0 Å². The SMILES string of the molecule is COC(=O)c1ccccc1-n1c(N)c(C#N)c(-c2ccccc2Cl)c(C#N)c1=O. The lowest BCUT2D eigenvalue weighted by Gasteiger charge is -2.18. The number of methoxy groups -OCH3 is 1. The Balaban J connectivity index is 2.49. The van der Waals surface area contributed by atoms with Crippen molar-refractivity contribution >= 4 is 23.4 Å². The first-order valence-corrected chi connectivity index (χ1v) is 8.65. The van der Waals surface area contributed by atoms with E-state index in [0.29, 0.717) is 5.56 Å². The molecule has 0 saturated carbocycles. The fourth-order valence-electron chi connectivity index (χ4n) is 3.03. The average molecular weight is 405 g/mol. The molecule has 0 aliphatic carbocycles. The van der Waals surface area contributed by atoms with Gasteiger partial charge in [-0.3, -0.25) is 9.36 Å². The van der Waals surface area contributed by atoms with E-state index in [1.807, 2.05) is 12.1 Å². The molecule has 1 aromatic heterocycles. The van der Waals surface area contributed by atoms with Crippen LogP contribution in [-0.4, -0.2) is 17.6 Å². The van der Waals surface area contributed by atoms with Crippen LogP contribution in [-0.2, 0) is 4.74 Å². The fourth-order valence-corrected chi connectivity index (χ4v) is 3.26. The normalized spacial score (nSPS) is 10.1. The van der Waals surface area contributed by atoms with Gasteiger partial charge in [0.1, 0.15) is 29.1 Å². The van der Waals surface area contributed by atoms with Gasteiger partial charge in [0.05, 0.1) is 18.4 Å². The number of carbonyl (C=O) groups excluding carboxylic acids is 1. The van der Waals surface area contributed by atoms with Gasteiger partial charge >= 0.3 is 5.97 Å². The quantitative estimate of drug-likeness (QED) is 0.668. The van der Waals surface area contributed by atoms with Crippen LogP contribution in [0.1, 0.15) is 21.5 Å². The zero-order valence-electron chi connectivity index (χ0n) is 15.1. The van der Waals surface area contributed by atoms with E-state index in [1.54, 1.807) is 36.4 Å². The van der Waals surface area contributed by atoms with E-state index >= 15 is 0 Å². The van der Waals surface area contributed by atoms with Crippen molar-refractivity contribution in [3.63, 3.8) is 0 Å². The molecule has 2 N–H and O–H groups in total. The van der Waals surface area contributed by atoms with Gasteiger partial charge in [0.25, 0.3) is 5.56 Å². The van der Waals surface area contributed by atoms with Gasteiger partial charge in [-0.25, -0.2) is 4.79 Å². The van der Waals surface area contributed by atoms with E-state index in [9.17, 15) is 20.1 Å². The van der Waals surface area contributed by atoms with E-state index < -0.39 is 11.5 Å². The highest BCUT2D eigenvalue weighted by molar-refractivity contribution is 6.33. The fraction of sp³-hybridized carbons (Fsp3) is 0.0476. The zero-order valence-corrected chi connectivity index (χ0v) is 15.9. The number of carbonyl (C=O) groups is 1. The van der Waals surface area contributed by atoms with Crippen molar-refractivity contribution in [1.29, 1.82) is 10.5 Å². The molecule has 142 valence electrons. The summed E-state index contributed by atoms with van der Waals surface area (Å²) < 4.78 is 5.72. The van der Waals surface area contributed by atoms with Crippen LogP contribution in [0.5, 0.6) is 0 Å². The van der Waals surface area contributed by atoms with Gasteiger partial charge < -0.3 is 10.5 Å². The molecule has 2 aromatic carbocycles. The third-order valence-corrected chi connectivity index (χ3v) is 4.66. The Morgan fingerprint density at radius 2 is 1.69 bits per heavy atom. The minimum atomic E-state index is -0.782. The number of rotatable bonds is 3. The number of nitrogen functional groups attached to an aromatic ring is 1. The first-order chi connectivity index (χ1) is 14.0. The van der Waals surface area contributed by atoms with E-state index in [0.717, 1.165) is 4.57 Å². The van der Waals surface area contributed by atoms with Crippen LogP contribution in [0.4, 0.5) is 5.82 Å². The summed E-state index contributed by atoms with van der Waals surface area (Å²) in [5, 5.41) is 19.7. The number of para-hydroxylation sites is 1. The van der Waals surface area contributed by atoms with E-state index in [4.69, 9.17) is 22.1 Å². The summed E-state index contributed by atoms with van der Waals surface area (Å²) in [5.74, 6) is -0.915. The Bertz CT molecular complexity index is 1280. The predicted octanol–water partition coefficient (Wildman–Crippen LogP) is 3.27. The maximum Gasteiger partial charge on any atom is 0.339 e. The summed E-state index contributed by atoms with van der Waals surface area (Å²) >= 11 is 6.23. The van der Waals surface area contributed by atoms with Crippen molar-refractivity contribution in [1.82, 2.24) is 4.57 Å². The lowest BCUT2D eigenvalue weighted by atomic mass is 9.96. The summed E-state index contributed by atoms with van der Waals surface area (Å²) in [6.07, 6.45) is 0. The standard InChI is InChI=1S/C21H13ClN4O3/c1-29-21(28)13-7-3-5-9-17(13)26-19(25)14(10-23)18(15(11-24)20(26)27)12-6-2-4-8-16(12)22/h2-9H,25H2,1H3. The Hall–Kier alpha value is -4.07. The topological polar surface area (TPSA) is 122 Å². The molecule has 3 rings (SSSR count). The molecular weight excluding hydrogens is 392 g/mol. The number of nitrogens with two attached hydrogens (primary N) is 1. The van der Waals surface area contributed by atoms with Crippen molar-refractivity contribution in [2.75, 3.05) is 12.8 Å². The highest BCUT2D eigenvalue weighted by Crippen LogP contribution is 2.35. The van der Waals surface area contributed by atoms with Gasteiger partial charge in [0.2, 0.25) is 0 Å². The number of anilines is 1. The third kappa shape index (κ3) is 3.20. The molecule has 0 fully saturated rings. The minimum Gasteiger partial charge on any atom is -0.465 e. The molecule has 0 unspecified atom stereocenters. The zero-order chi connectivity index (χ0) is 21.1. The summed E-state index contributed by atoms with van der Waals surface area (Å²) in [6.45, 7) is 0. The number of nitrogens with zero attached hydrogens (tertiary/aromatic N) is 3. The third-order valence-electron chi connectivity index (χ3n) is 4.33. The molecule has 0 aliphatic heterocycles. The predicted molar refractivity (Wildman–Crippen MR) is 108 cm³/mol. The van der Waals surface area contributed by atoms with Crippen LogP contribution < -0.4 is 11.3 Å². The minimum absolute atomic E-state index is 0.0508. The Morgan fingerprint density at radius 1 is 1.07 bits per heavy atom.